The molecule has 0 aliphatic carbocycles. The maximum Gasteiger partial charge on any atom is 0.274 e. The lowest BCUT2D eigenvalue weighted by Crippen LogP contribution is -2.48. The summed E-state index contributed by atoms with van der Waals surface area (Å²) >= 11 is 7.60. The number of hydrogen-bond donors (Lipinski definition) is 1. The van der Waals surface area contributed by atoms with E-state index >= 15 is 0 Å². The number of benzene rings is 3. The normalized spacial score (nSPS) is 13.6. The van der Waals surface area contributed by atoms with Crippen molar-refractivity contribution in [2.75, 3.05) is 31.1 Å². The predicted molar refractivity (Wildman–Crippen MR) is 151 cm³/mol. The van der Waals surface area contributed by atoms with Crippen LogP contribution in [0.1, 0.15) is 10.5 Å². The van der Waals surface area contributed by atoms with Crippen molar-refractivity contribution in [2.24, 2.45) is 0 Å². The van der Waals surface area contributed by atoms with Gasteiger partial charge >= 0.3 is 0 Å². The molecule has 0 spiro atoms. The van der Waals surface area contributed by atoms with Gasteiger partial charge in [-0.15, -0.1) is 11.3 Å². The van der Waals surface area contributed by atoms with Crippen LogP contribution in [0.3, 0.4) is 0 Å². The van der Waals surface area contributed by atoms with E-state index in [1.54, 1.807) is 22.9 Å². The summed E-state index contributed by atoms with van der Waals surface area (Å²) in [6.07, 6.45) is 0. The van der Waals surface area contributed by atoms with Crippen LogP contribution in [0.5, 0.6) is 5.75 Å². The van der Waals surface area contributed by atoms with Gasteiger partial charge in [0.15, 0.2) is 5.69 Å². The Balaban J connectivity index is 1.28. The molecule has 0 saturated carbocycles. The Morgan fingerprint density at radius 2 is 1.63 bits per heavy atom. The fourth-order valence-corrected chi connectivity index (χ4v) is 5.59. The number of aromatic nitrogens is 3. The number of aromatic hydroxyl groups is 1. The minimum atomic E-state index is -0.101. The van der Waals surface area contributed by atoms with Crippen LogP contribution in [0.4, 0.5) is 5.69 Å². The van der Waals surface area contributed by atoms with Crippen LogP contribution in [-0.2, 0) is 0 Å². The van der Waals surface area contributed by atoms with Gasteiger partial charge in [-0.1, -0.05) is 60.1 Å². The number of phenolic OH excluding ortho intramolecular Hbond substituents is 1. The first-order valence-electron chi connectivity index (χ1n) is 12.3. The highest BCUT2D eigenvalue weighted by Crippen LogP contribution is 2.30. The lowest BCUT2D eigenvalue weighted by atomic mass is 10.1. The van der Waals surface area contributed by atoms with Gasteiger partial charge in [0.25, 0.3) is 5.91 Å². The molecular weight excluding hydrogens is 518 g/mol. The van der Waals surface area contributed by atoms with E-state index in [0.29, 0.717) is 28.9 Å². The first-order valence-corrected chi connectivity index (χ1v) is 13.5. The Morgan fingerprint density at radius 1 is 0.868 bits per heavy atom. The van der Waals surface area contributed by atoms with Gasteiger partial charge in [-0.3, -0.25) is 4.79 Å². The maximum atomic E-state index is 13.6. The van der Waals surface area contributed by atoms with Gasteiger partial charge in [0.2, 0.25) is 5.13 Å². The summed E-state index contributed by atoms with van der Waals surface area (Å²) in [4.78, 5) is 22.4. The lowest BCUT2D eigenvalue weighted by molar-refractivity contribution is 0.0740. The monoisotopic (exact) mass is 541 g/mol. The molecule has 0 bridgehead atoms. The first kappa shape index (κ1) is 24.2. The van der Waals surface area contributed by atoms with E-state index in [0.717, 1.165) is 41.3 Å². The van der Waals surface area contributed by atoms with Gasteiger partial charge in [-0.25, -0.2) is 9.67 Å². The van der Waals surface area contributed by atoms with Crippen molar-refractivity contribution in [3.05, 3.63) is 101 Å². The van der Waals surface area contributed by atoms with Gasteiger partial charge in [0.05, 0.1) is 11.4 Å². The average molecular weight is 542 g/mol. The molecule has 9 heteroatoms. The summed E-state index contributed by atoms with van der Waals surface area (Å²) in [5.74, 6) is 0.0842. The van der Waals surface area contributed by atoms with Gasteiger partial charge in [-0.05, 0) is 36.4 Å². The number of thiazole rings is 1. The number of anilines is 1. The molecule has 0 radical (unpaired) electrons. The van der Waals surface area contributed by atoms with Crippen molar-refractivity contribution in [3.8, 4) is 33.4 Å². The van der Waals surface area contributed by atoms with E-state index in [9.17, 15) is 9.90 Å². The molecule has 6 rings (SSSR count). The number of halogens is 1. The fraction of sp³-hybridized carbons (Fsp3) is 0.138. The molecule has 38 heavy (non-hydrogen) atoms. The van der Waals surface area contributed by atoms with Gasteiger partial charge in [0, 0.05) is 53.4 Å². The van der Waals surface area contributed by atoms with Crippen LogP contribution in [-0.4, -0.2) is 56.9 Å². The van der Waals surface area contributed by atoms with E-state index in [1.807, 2.05) is 77.0 Å². The Bertz CT molecular complexity index is 1590. The maximum absolute atomic E-state index is 13.6. The molecule has 7 nitrogen and oxygen atoms in total. The molecule has 1 saturated heterocycles. The number of piperazine rings is 1. The average Bonchev–Trinajstić information content (AvgIpc) is 3.61. The zero-order valence-electron chi connectivity index (χ0n) is 20.4. The summed E-state index contributed by atoms with van der Waals surface area (Å²) in [7, 11) is 0. The highest BCUT2D eigenvalue weighted by molar-refractivity contribution is 7.12. The number of amides is 1. The topological polar surface area (TPSA) is 74.5 Å². The molecule has 3 aromatic carbocycles. The molecule has 1 N–H and O–H groups in total. The highest BCUT2D eigenvalue weighted by Gasteiger charge is 2.26. The standard InChI is InChI=1S/C29H24ClN5O2S/c30-22-9-5-10-23(17-22)33-12-14-34(15-13-33)28(37)25-18-27(20-6-2-1-3-7-20)35(32-25)29-31-26(19-38-29)21-8-4-11-24(36)16-21/h1-11,16-19,36H,12-15H2. The van der Waals surface area contributed by atoms with Crippen molar-refractivity contribution in [1.82, 2.24) is 19.7 Å². The van der Waals surface area contributed by atoms with Crippen molar-refractivity contribution >= 4 is 34.5 Å². The Labute approximate surface area is 229 Å². The van der Waals surface area contributed by atoms with E-state index < -0.39 is 0 Å². The van der Waals surface area contributed by atoms with E-state index in [2.05, 4.69) is 4.90 Å². The zero-order valence-corrected chi connectivity index (χ0v) is 21.9. The third-order valence-electron chi connectivity index (χ3n) is 6.55. The molecule has 1 fully saturated rings. The van der Waals surface area contributed by atoms with Crippen molar-refractivity contribution in [1.29, 1.82) is 0 Å². The molecule has 1 aliphatic rings. The van der Waals surface area contributed by atoms with Crippen LogP contribution in [0.25, 0.3) is 27.6 Å². The third kappa shape index (κ3) is 4.88. The molecule has 190 valence electrons. The van der Waals surface area contributed by atoms with E-state index in [4.69, 9.17) is 21.7 Å². The summed E-state index contributed by atoms with van der Waals surface area (Å²) in [5, 5.41) is 17.9. The lowest BCUT2D eigenvalue weighted by Gasteiger charge is -2.35. The zero-order chi connectivity index (χ0) is 26.1. The smallest absolute Gasteiger partial charge is 0.274 e. The quantitative estimate of drug-likeness (QED) is 0.296. The Kier molecular flexibility index (Phi) is 6.57. The molecule has 3 heterocycles. The van der Waals surface area contributed by atoms with Crippen LogP contribution >= 0.6 is 22.9 Å². The van der Waals surface area contributed by atoms with Crippen molar-refractivity contribution in [2.45, 2.75) is 0 Å². The van der Waals surface area contributed by atoms with Crippen molar-refractivity contribution in [3.63, 3.8) is 0 Å². The number of carbonyl (C=O) groups is 1. The Morgan fingerprint density at radius 3 is 2.39 bits per heavy atom. The number of hydrogen-bond acceptors (Lipinski definition) is 6. The third-order valence-corrected chi connectivity index (χ3v) is 7.60. The van der Waals surface area contributed by atoms with Gasteiger partial charge in [-0.2, -0.15) is 5.10 Å². The van der Waals surface area contributed by atoms with Gasteiger partial charge < -0.3 is 14.9 Å². The number of rotatable bonds is 5. The second kappa shape index (κ2) is 10.3. The van der Waals surface area contributed by atoms with E-state index in [-0.39, 0.29) is 11.7 Å². The Hall–Kier alpha value is -4.14. The van der Waals surface area contributed by atoms with Crippen LogP contribution < -0.4 is 4.90 Å². The second-order valence-corrected chi connectivity index (χ2v) is 10.3. The summed E-state index contributed by atoms with van der Waals surface area (Å²) in [6.45, 7) is 2.63. The molecule has 5 aromatic rings. The molecular formula is C29H24ClN5O2S. The van der Waals surface area contributed by atoms with Crippen LogP contribution in [0.15, 0.2) is 90.3 Å². The predicted octanol–water partition coefficient (Wildman–Crippen LogP) is 5.98. The largest absolute Gasteiger partial charge is 0.508 e. The fourth-order valence-electron chi connectivity index (χ4n) is 4.61. The minimum absolute atomic E-state index is 0.101. The first-order chi connectivity index (χ1) is 18.5. The molecule has 0 unspecified atom stereocenters. The number of carbonyl (C=O) groups excluding carboxylic acids is 1. The summed E-state index contributed by atoms with van der Waals surface area (Å²) in [5.41, 5.74) is 4.73. The molecule has 0 atom stereocenters. The van der Waals surface area contributed by atoms with Gasteiger partial charge in [0.1, 0.15) is 5.75 Å². The highest BCUT2D eigenvalue weighted by atomic mass is 35.5. The van der Waals surface area contributed by atoms with Crippen LogP contribution in [0.2, 0.25) is 5.02 Å². The SMILES string of the molecule is O=C(c1cc(-c2ccccc2)n(-c2nc(-c3cccc(O)c3)cs2)n1)N1CCN(c2cccc(Cl)c2)CC1. The minimum Gasteiger partial charge on any atom is -0.508 e. The summed E-state index contributed by atoms with van der Waals surface area (Å²) in [6, 6.07) is 26.5. The number of nitrogens with zero attached hydrogens (tertiary/aromatic N) is 5. The van der Waals surface area contributed by atoms with Crippen molar-refractivity contribution < 1.29 is 9.90 Å². The number of phenols is 1. The van der Waals surface area contributed by atoms with Crippen LogP contribution in [0, 0.1) is 0 Å². The summed E-state index contributed by atoms with van der Waals surface area (Å²) < 4.78 is 1.74. The van der Waals surface area contributed by atoms with E-state index in [1.165, 1.54) is 11.3 Å². The molecule has 1 aliphatic heterocycles. The second-order valence-electron chi connectivity index (χ2n) is 9.02. The molecule has 1 amide bonds. The molecule has 2 aromatic heterocycles.